The van der Waals surface area contributed by atoms with E-state index >= 15 is 0 Å². The molecule has 4 rings (SSSR count). The Labute approximate surface area is 140 Å². The van der Waals surface area contributed by atoms with E-state index in [0.29, 0.717) is 13.0 Å². The Balaban J connectivity index is 1.37. The van der Waals surface area contributed by atoms with Gasteiger partial charge in [-0.15, -0.1) is 0 Å². The molecule has 0 spiro atoms. The number of carbonyl (C=O) groups is 1. The van der Waals surface area contributed by atoms with Crippen molar-refractivity contribution in [2.75, 3.05) is 0 Å². The first-order valence-corrected chi connectivity index (χ1v) is 8.43. The summed E-state index contributed by atoms with van der Waals surface area (Å²) >= 11 is 0. The fourth-order valence-electron chi connectivity index (χ4n) is 3.52. The van der Waals surface area contributed by atoms with Gasteiger partial charge in [-0.2, -0.15) is 5.10 Å². The zero-order valence-electron chi connectivity index (χ0n) is 13.7. The minimum atomic E-state index is 0.0974. The van der Waals surface area contributed by atoms with Crippen molar-refractivity contribution in [2.24, 2.45) is 0 Å². The standard InChI is InChI=1S/C18H21N5O/c1-12-20-15-4-2-3-5-17(15)23(12)9-8-18(24)21-14-7-6-13-11-19-22-16(13)10-14/h2-5,11,14H,6-10H2,1H3,(H,19,22)(H,21,24). The van der Waals surface area contributed by atoms with Crippen molar-refractivity contribution < 1.29 is 4.79 Å². The van der Waals surface area contributed by atoms with E-state index in [0.717, 1.165) is 41.8 Å². The van der Waals surface area contributed by atoms with Crippen LogP contribution in [0.25, 0.3) is 11.0 Å². The smallest absolute Gasteiger partial charge is 0.222 e. The number of hydrogen-bond donors (Lipinski definition) is 2. The number of rotatable bonds is 4. The summed E-state index contributed by atoms with van der Waals surface area (Å²) in [5.41, 5.74) is 4.50. The molecule has 6 heteroatoms. The van der Waals surface area contributed by atoms with E-state index in [1.165, 1.54) is 5.56 Å². The summed E-state index contributed by atoms with van der Waals surface area (Å²) in [6.45, 7) is 2.64. The summed E-state index contributed by atoms with van der Waals surface area (Å²) in [6.07, 6.45) is 5.15. The molecule has 2 N–H and O–H groups in total. The van der Waals surface area contributed by atoms with E-state index in [1.807, 2.05) is 37.4 Å². The third kappa shape index (κ3) is 2.79. The molecule has 2 aromatic heterocycles. The maximum atomic E-state index is 12.3. The van der Waals surface area contributed by atoms with Gasteiger partial charge in [0.15, 0.2) is 0 Å². The second-order valence-electron chi connectivity index (χ2n) is 6.43. The molecule has 1 atom stereocenters. The van der Waals surface area contributed by atoms with E-state index in [9.17, 15) is 4.79 Å². The van der Waals surface area contributed by atoms with Crippen LogP contribution in [0, 0.1) is 6.92 Å². The van der Waals surface area contributed by atoms with E-state index in [1.54, 1.807) is 0 Å². The Morgan fingerprint density at radius 3 is 3.21 bits per heavy atom. The molecule has 0 saturated carbocycles. The first-order chi connectivity index (χ1) is 11.7. The number of aromatic amines is 1. The number of benzene rings is 1. The molecule has 24 heavy (non-hydrogen) atoms. The number of imidazole rings is 1. The molecule has 1 amide bonds. The highest BCUT2D eigenvalue weighted by molar-refractivity contribution is 5.78. The highest BCUT2D eigenvalue weighted by Gasteiger charge is 2.21. The minimum Gasteiger partial charge on any atom is -0.353 e. The maximum absolute atomic E-state index is 12.3. The molecule has 0 fully saturated rings. The molecule has 1 unspecified atom stereocenters. The SMILES string of the molecule is Cc1nc2ccccc2n1CCC(=O)NC1CCc2cn[nH]c2C1. The summed E-state index contributed by atoms with van der Waals surface area (Å²) in [4.78, 5) is 16.9. The number of aromatic nitrogens is 4. The minimum absolute atomic E-state index is 0.0974. The average Bonchev–Trinajstić information content (AvgIpc) is 3.16. The molecule has 0 radical (unpaired) electrons. The van der Waals surface area contributed by atoms with Crippen LogP contribution in [0.15, 0.2) is 30.5 Å². The van der Waals surface area contributed by atoms with Crippen LogP contribution in [-0.4, -0.2) is 31.7 Å². The number of nitrogens with zero attached hydrogens (tertiary/aromatic N) is 3. The van der Waals surface area contributed by atoms with Crippen molar-refractivity contribution in [1.82, 2.24) is 25.1 Å². The first-order valence-electron chi connectivity index (χ1n) is 8.43. The molecule has 0 saturated heterocycles. The van der Waals surface area contributed by atoms with Gasteiger partial charge in [0, 0.05) is 31.1 Å². The lowest BCUT2D eigenvalue weighted by Gasteiger charge is -2.22. The number of nitrogens with one attached hydrogen (secondary N) is 2. The third-order valence-corrected chi connectivity index (χ3v) is 4.79. The van der Waals surface area contributed by atoms with Crippen LogP contribution in [0.5, 0.6) is 0 Å². The molecular weight excluding hydrogens is 302 g/mol. The van der Waals surface area contributed by atoms with E-state index in [-0.39, 0.29) is 11.9 Å². The quantitative estimate of drug-likeness (QED) is 0.772. The summed E-state index contributed by atoms with van der Waals surface area (Å²) in [7, 11) is 0. The Hall–Kier alpha value is -2.63. The maximum Gasteiger partial charge on any atom is 0.222 e. The van der Waals surface area contributed by atoms with Gasteiger partial charge in [0.1, 0.15) is 5.82 Å². The summed E-state index contributed by atoms with van der Waals surface area (Å²) < 4.78 is 2.11. The van der Waals surface area contributed by atoms with Crippen LogP contribution >= 0.6 is 0 Å². The Morgan fingerprint density at radius 1 is 1.42 bits per heavy atom. The Morgan fingerprint density at radius 2 is 2.29 bits per heavy atom. The monoisotopic (exact) mass is 323 g/mol. The number of aryl methyl sites for hydroxylation is 3. The first kappa shape index (κ1) is 14.9. The molecule has 1 aromatic carbocycles. The zero-order chi connectivity index (χ0) is 16.5. The number of amides is 1. The van der Waals surface area contributed by atoms with Gasteiger partial charge >= 0.3 is 0 Å². The topological polar surface area (TPSA) is 75.6 Å². The van der Waals surface area contributed by atoms with Gasteiger partial charge in [-0.1, -0.05) is 12.1 Å². The van der Waals surface area contributed by atoms with Gasteiger partial charge in [-0.25, -0.2) is 4.98 Å². The van der Waals surface area contributed by atoms with Crippen LogP contribution in [0.2, 0.25) is 0 Å². The normalized spacial score (nSPS) is 17.0. The largest absolute Gasteiger partial charge is 0.353 e. The van der Waals surface area contributed by atoms with Gasteiger partial charge < -0.3 is 9.88 Å². The van der Waals surface area contributed by atoms with Crippen molar-refractivity contribution in [1.29, 1.82) is 0 Å². The van der Waals surface area contributed by atoms with Crippen LogP contribution in [0.4, 0.5) is 0 Å². The van der Waals surface area contributed by atoms with Crippen molar-refractivity contribution in [3.8, 4) is 0 Å². The van der Waals surface area contributed by atoms with Crippen molar-refractivity contribution in [3.63, 3.8) is 0 Å². The van der Waals surface area contributed by atoms with E-state index in [2.05, 4.69) is 25.1 Å². The molecule has 0 aliphatic heterocycles. The van der Waals surface area contributed by atoms with Crippen molar-refractivity contribution in [3.05, 3.63) is 47.5 Å². The van der Waals surface area contributed by atoms with Crippen molar-refractivity contribution in [2.45, 2.75) is 45.2 Å². The zero-order valence-corrected chi connectivity index (χ0v) is 13.7. The lowest BCUT2D eigenvalue weighted by atomic mass is 9.94. The van der Waals surface area contributed by atoms with Gasteiger partial charge in [0.05, 0.1) is 17.2 Å². The average molecular weight is 323 g/mol. The Kier molecular flexibility index (Phi) is 3.80. The number of fused-ring (bicyclic) bond motifs is 2. The van der Waals surface area contributed by atoms with Crippen LogP contribution in [-0.2, 0) is 24.2 Å². The second-order valence-corrected chi connectivity index (χ2v) is 6.43. The van der Waals surface area contributed by atoms with Gasteiger partial charge in [-0.05, 0) is 37.5 Å². The molecular formula is C18H21N5O. The molecule has 1 aliphatic carbocycles. The Bertz CT molecular complexity index is 879. The third-order valence-electron chi connectivity index (χ3n) is 4.79. The molecule has 0 bridgehead atoms. The number of H-pyrrole nitrogens is 1. The van der Waals surface area contributed by atoms with E-state index in [4.69, 9.17) is 0 Å². The number of hydrogen-bond acceptors (Lipinski definition) is 3. The van der Waals surface area contributed by atoms with Gasteiger partial charge in [0.25, 0.3) is 0 Å². The van der Waals surface area contributed by atoms with Gasteiger partial charge in [-0.3, -0.25) is 9.89 Å². The molecule has 2 heterocycles. The highest BCUT2D eigenvalue weighted by Crippen LogP contribution is 2.19. The number of para-hydroxylation sites is 2. The molecule has 1 aliphatic rings. The fourth-order valence-corrected chi connectivity index (χ4v) is 3.52. The highest BCUT2D eigenvalue weighted by atomic mass is 16.1. The lowest BCUT2D eigenvalue weighted by molar-refractivity contribution is -0.122. The van der Waals surface area contributed by atoms with Crippen LogP contribution < -0.4 is 5.32 Å². The summed E-state index contributed by atoms with van der Waals surface area (Å²) in [5, 5.41) is 10.3. The lowest BCUT2D eigenvalue weighted by Crippen LogP contribution is -2.39. The molecule has 124 valence electrons. The predicted molar refractivity (Wildman–Crippen MR) is 91.6 cm³/mol. The predicted octanol–water partition coefficient (Wildman–Crippen LogP) is 2.13. The van der Waals surface area contributed by atoms with Crippen LogP contribution in [0.3, 0.4) is 0 Å². The van der Waals surface area contributed by atoms with E-state index < -0.39 is 0 Å². The number of carbonyl (C=O) groups excluding carboxylic acids is 1. The molecule has 3 aromatic rings. The summed E-state index contributed by atoms with van der Waals surface area (Å²) in [5.74, 6) is 1.05. The molecule has 6 nitrogen and oxygen atoms in total. The summed E-state index contributed by atoms with van der Waals surface area (Å²) in [6, 6.07) is 8.24. The van der Waals surface area contributed by atoms with Crippen molar-refractivity contribution >= 4 is 16.9 Å². The van der Waals surface area contributed by atoms with Gasteiger partial charge in [0.2, 0.25) is 5.91 Å². The second kappa shape index (κ2) is 6.11. The fraction of sp³-hybridized carbons (Fsp3) is 0.389. The van der Waals surface area contributed by atoms with Crippen LogP contribution in [0.1, 0.15) is 29.9 Å².